The predicted molar refractivity (Wildman–Crippen MR) is 142 cm³/mol. The van der Waals surface area contributed by atoms with Crippen LogP contribution in [0.4, 0.5) is 0 Å². The van der Waals surface area contributed by atoms with E-state index in [4.69, 9.17) is 0 Å². The number of amides is 1. The zero-order chi connectivity index (χ0) is 24.9. The Morgan fingerprint density at radius 1 is 1.06 bits per heavy atom. The minimum absolute atomic E-state index is 0.0359. The van der Waals surface area contributed by atoms with Gasteiger partial charge in [0.2, 0.25) is 5.91 Å². The van der Waals surface area contributed by atoms with Crippen LogP contribution in [0.5, 0.6) is 5.75 Å². The average molecular weight is 474 g/mol. The summed E-state index contributed by atoms with van der Waals surface area (Å²) < 4.78 is 1.65. The fourth-order valence-corrected chi connectivity index (χ4v) is 5.17. The molecule has 0 spiro atoms. The SMILES string of the molecule is CCCCCC(c1[nH]c2ccccc2c1CCCNC(C)=O)c1c(O)c2ccccc2n(C)c1=O. The molecule has 0 fully saturated rings. The number of aromatic hydroxyl groups is 1. The second-order valence-corrected chi connectivity index (χ2v) is 9.34. The van der Waals surface area contributed by atoms with Gasteiger partial charge in [-0.25, -0.2) is 0 Å². The van der Waals surface area contributed by atoms with Crippen molar-refractivity contribution in [2.24, 2.45) is 7.05 Å². The molecule has 6 heteroatoms. The fraction of sp³-hybridized carbons (Fsp3) is 0.379. The highest BCUT2D eigenvalue weighted by Crippen LogP contribution is 2.40. The lowest BCUT2D eigenvalue weighted by molar-refractivity contribution is -0.118. The van der Waals surface area contributed by atoms with Crippen molar-refractivity contribution < 1.29 is 9.90 Å². The number of rotatable bonds is 10. The second kappa shape index (κ2) is 10.8. The first-order valence-electron chi connectivity index (χ1n) is 12.6. The first-order valence-corrected chi connectivity index (χ1v) is 12.6. The zero-order valence-corrected chi connectivity index (χ0v) is 20.9. The molecular formula is C29H35N3O3. The third-order valence-electron chi connectivity index (χ3n) is 6.93. The normalized spacial score (nSPS) is 12.3. The van der Waals surface area contributed by atoms with Crippen LogP contribution in [0.15, 0.2) is 53.3 Å². The molecule has 1 atom stereocenters. The van der Waals surface area contributed by atoms with Gasteiger partial charge in [-0.2, -0.15) is 0 Å². The Balaban J connectivity index is 1.88. The van der Waals surface area contributed by atoms with Crippen molar-refractivity contribution in [2.45, 2.75) is 58.3 Å². The first-order chi connectivity index (χ1) is 16.9. The molecule has 184 valence electrons. The lowest BCUT2D eigenvalue weighted by Crippen LogP contribution is -2.25. The van der Waals surface area contributed by atoms with E-state index in [1.165, 1.54) is 6.92 Å². The molecule has 0 aliphatic rings. The van der Waals surface area contributed by atoms with Crippen molar-refractivity contribution in [1.82, 2.24) is 14.9 Å². The van der Waals surface area contributed by atoms with Crippen LogP contribution < -0.4 is 10.9 Å². The number of para-hydroxylation sites is 2. The van der Waals surface area contributed by atoms with Crippen molar-refractivity contribution in [2.75, 3.05) is 6.54 Å². The minimum atomic E-state index is -0.256. The molecule has 0 bridgehead atoms. The van der Waals surface area contributed by atoms with Crippen LogP contribution in [-0.2, 0) is 18.3 Å². The van der Waals surface area contributed by atoms with Crippen molar-refractivity contribution in [3.63, 3.8) is 0 Å². The van der Waals surface area contributed by atoms with Gasteiger partial charge < -0.3 is 20.0 Å². The summed E-state index contributed by atoms with van der Waals surface area (Å²) in [6.07, 6.45) is 5.40. The monoisotopic (exact) mass is 473 g/mol. The molecule has 4 rings (SSSR count). The van der Waals surface area contributed by atoms with Crippen LogP contribution in [-0.4, -0.2) is 27.1 Å². The Morgan fingerprint density at radius 3 is 2.51 bits per heavy atom. The quantitative estimate of drug-likeness (QED) is 0.266. The third-order valence-corrected chi connectivity index (χ3v) is 6.93. The highest BCUT2D eigenvalue weighted by molar-refractivity contribution is 5.88. The molecule has 1 unspecified atom stereocenters. The van der Waals surface area contributed by atoms with Gasteiger partial charge in [0.25, 0.3) is 5.56 Å². The number of benzene rings is 2. The topological polar surface area (TPSA) is 87.1 Å². The summed E-state index contributed by atoms with van der Waals surface area (Å²) >= 11 is 0. The van der Waals surface area contributed by atoms with E-state index in [0.29, 0.717) is 17.5 Å². The molecule has 0 radical (unpaired) electrons. The van der Waals surface area contributed by atoms with Crippen molar-refractivity contribution in [3.8, 4) is 5.75 Å². The number of carbonyl (C=O) groups is 1. The first kappa shape index (κ1) is 24.6. The minimum Gasteiger partial charge on any atom is -0.507 e. The Kier molecular flexibility index (Phi) is 7.59. The lowest BCUT2D eigenvalue weighted by Gasteiger charge is -2.21. The Labute approximate surface area is 206 Å². The van der Waals surface area contributed by atoms with Crippen LogP contribution in [0.1, 0.15) is 68.7 Å². The lowest BCUT2D eigenvalue weighted by atomic mass is 9.86. The molecule has 3 N–H and O–H groups in total. The van der Waals surface area contributed by atoms with E-state index < -0.39 is 0 Å². The van der Waals surface area contributed by atoms with Gasteiger partial charge in [0.15, 0.2) is 0 Å². The predicted octanol–water partition coefficient (Wildman–Crippen LogP) is 5.51. The number of pyridine rings is 1. The second-order valence-electron chi connectivity index (χ2n) is 9.34. The summed E-state index contributed by atoms with van der Waals surface area (Å²) in [5.74, 6) is -0.216. The number of nitrogens with zero attached hydrogens (tertiary/aromatic N) is 1. The molecule has 2 aromatic carbocycles. The summed E-state index contributed by atoms with van der Waals surface area (Å²) in [6, 6.07) is 15.7. The molecule has 0 aliphatic heterocycles. The van der Waals surface area contributed by atoms with Crippen LogP contribution in [0.3, 0.4) is 0 Å². The van der Waals surface area contributed by atoms with Crippen LogP contribution in [0.25, 0.3) is 21.8 Å². The number of aromatic amines is 1. The number of H-pyrrole nitrogens is 1. The number of hydrogen-bond donors (Lipinski definition) is 3. The van der Waals surface area contributed by atoms with E-state index in [2.05, 4.69) is 29.4 Å². The largest absolute Gasteiger partial charge is 0.507 e. The van der Waals surface area contributed by atoms with E-state index in [1.807, 2.05) is 36.4 Å². The van der Waals surface area contributed by atoms with Crippen molar-refractivity contribution in [1.29, 1.82) is 0 Å². The fourth-order valence-electron chi connectivity index (χ4n) is 5.17. The van der Waals surface area contributed by atoms with E-state index in [-0.39, 0.29) is 23.1 Å². The van der Waals surface area contributed by atoms with Crippen molar-refractivity contribution in [3.05, 3.63) is 75.7 Å². The number of aromatic nitrogens is 2. The molecule has 2 aromatic heterocycles. The van der Waals surface area contributed by atoms with Gasteiger partial charge in [-0.3, -0.25) is 9.59 Å². The Hall–Kier alpha value is -3.54. The smallest absolute Gasteiger partial charge is 0.258 e. The molecule has 2 heterocycles. The van der Waals surface area contributed by atoms with Crippen LogP contribution >= 0.6 is 0 Å². The third kappa shape index (κ3) is 4.97. The zero-order valence-electron chi connectivity index (χ0n) is 20.9. The summed E-state index contributed by atoms with van der Waals surface area (Å²) in [7, 11) is 1.77. The number of hydrogen-bond acceptors (Lipinski definition) is 3. The van der Waals surface area contributed by atoms with Gasteiger partial charge in [0.1, 0.15) is 5.75 Å². The maximum absolute atomic E-state index is 13.7. The summed E-state index contributed by atoms with van der Waals surface area (Å²) in [6.45, 7) is 4.29. The number of aryl methyl sites for hydroxylation is 2. The van der Waals surface area contributed by atoms with E-state index in [1.54, 1.807) is 11.6 Å². The standard InChI is InChI=1S/C29H35N3O3/c1-4-5-6-14-23(26-28(34)22-13-8-10-17-25(22)32(3)29(26)35)27-21(15-11-18-30-19(2)33)20-12-7-9-16-24(20)31-27/h7-10,12-13,16-17,23,31,34H,4-6,11,14-15,18H2,1-3H3,(H,30,33). The van der Waals surface area contributed by atoms with E-state index in [9.17, 15) is 14.7 Å². The number of fused-ring (bicyclic) bond motifs is 2. The molecule has 6 nitrogen and oxygen atoms in total. The maximum atomic E-state index is 13.7. The van der Waals surface area contributed by atoms with Crippen molar-refractivity contribution >= 4 is 27.7 Å². The summed E-state index contributed by atoms with van der Waals surface area (Å²) in [4.78, 5) is 28.6. The Bertz CT molecular complexity index is 1400. The van der Waals surface area contributed by atoms with Gasteiger partial charge in [-0.15, -0.1) is 0 Å². The number of unbranched alkanes of at least 4 members (excludes halogenated alkanes) is 2. The highest BCUT2D eigenvalue weighted by atomic mass is 16.3. The van der Waals surface area contributed by atoms with E-state index >= 15 is 0 Å². The van der Waals surface area contributed by atoms with Gasteiger partial charge >= 0.3 is 0 Å². The van der Waals surface area contributed by atoms with Crippen LogP contribution in [0.2, 0.25) is 0 Å². The number of nitrogens with one attached hydrogen (secondary N) is 2. The van der Waals surface area contributed by atoms with Crippen LogP contribution in [0, 0.1) is 0 Å². The number of carbonyl (C=O) groups excluding carboxylic acids is 1. The molecule has 35 heavy (non-hydrogen) atoms. The highest BCUT2D eigenvalue weighted by Gasteiger charge is 2.28. The molecular weight excluding hydrogens is 438 g/mol. The molecule has 0 saturated heterocycles. The molecule has 0 aliphatic carbocycles. The van der Waals surface area contributed by atoms with Gasteiger partial charge in [0.05, 0.1) is 11.1 Å². The Morgan fingerprint density at radius 2 is 1.77 bits per heavy atom. The molecule has 1 amide bonds. The van der Waals surface area contributed by atoms with Gasteiger partial charge in [-0.1, -0.05) is 56.5 Å². The summed E-state index contributed by atoms with van der Waals surface area (Å²) in [5, 5.41) is 16.1. The average Bonchev–Trinajstić information content (AvgIpc) is 3.22. The van der Waals surface area contributed by atoms with Gasteiger partial charge in [-0.05, 0) is 43.0 Å². The molecule has 4 aromatic rings. The van der Waals surface area contributed by atoms with Gasteiger partial charge in [0, 0.05) is 48.4 Å². The molecule has 0 saturated carbocycles. The maximum Gasteiger partial charge on any atom is 0.258 e. The summed E-state index contributed by atoms with van der Waals surface area (Å²) in [5.41, 5.74) is 4.19. The van der Waals surface area contributed by atoms with E-state index in [0.717, 1.165) is 66.2 Å².